The third-order valence-electron chi connectivity index (χ3n) is 16.1. The van der Waals surface area contributed by atoms with Crippen LogP contribution in [0.25, 0.3) is 33.4 Å². The summed E-state index contributed by atoms with van der Waals surface area (Å²) in [6.07, 6.45) is 6.52. The van der Waals surface area contributed by atoms with E-state index in [2.05, 4.69) is 241 Å². The Morgan fingerprint density at radius 2 is 0.739 bits per heavy atom. The molecule has 0 unspecified atom stereocenters. The molecule has 9 aromatic rings. The summed E-state index contributed by atoms with van der Waals surface area (Å²) in [6, 6.07) is 68.4. The van der Waals surface area contributed by atoms with Crippen molar-refractivity contribution in [2.24, 2.45) is 0 Å². The Hall–Kier alpha value is -7.75. The second-order valence-electron chi connectivity index (χ2n) is 20.5. The highest BCUT2D eigenvalue weighted by Gasteiger charge is 2.53. The van der Waals surface area contributed by atoms with Crippen LogP contribution in [0.5, 0.6) is 0 Å². The SMILES string of the molecule is Cc1ccc2c(c1)C(c1cccc(C3(c4ccccn4)c4cc(C)ccc4-c4ccc(C)cc43)c1)(c1cccc(C3(N4C=CN(C)C4)c4cc(C)ccc4-c4ccc(C)cc43)c1)c1cc(C)ccc1-2. The Bertz CT molecular complexity index is 3490. The molecule has 3 aliphatic carbocycles. The number of nitrogens with zero attached hydrogens (tertiary/aromatic N) is 3. The molecule has 3 nitrogen and oxygen atoms in total. The van der Waals surface area contributed by atoms with E-state index < -0.39 is 16.4 Å². The molecular formula is C66H55N3. The van der Waals surface area contributed by atoms with Gasteiger partial charge in [0.1, 0.15) is 5.54 Å². The quantitative estimate of drug-likeness (QED) is 0.166. The number of hydrogen-bond donors (Lipinski definition) is 0. The lowest BCUT2D eigenvalue weighted by Crippen LogP contribution is -2.45. The third kappa shape index (κ3) is 5.59. The van der Waals surface area contributed by atoms with E-state index in [1.165, 1.54) is 122 Å². The number of pyridine rings is 1. The first kappa shape index (κ1) is 41.4. The summed E-state index contributed by atoms with van der Waals surface area (Å²) < 4.78 is 0. The standard InChI is InChI=1S/C66H55N3/c1-41-17-23-51-52-24-18-42(2)33-58(52)64(57(51)32-41,47-12-10-14-49(38-47)65(63-16-8-9-29-67-63)59-34-43(3)19-25-53(59)54-26-20-44(4)35-60(54)65)48-13-11-15-50(39-48)66(69-31-30-68(7)40-69)61-36-45(5)21-27-55(61)56-28-22-46(6)37-62(56)66/h8-39H,40H2,1-7H3. The van der Waals surface area contributed by atoms with Gasteiger partial charge >= 0.3 is 0 Å². The van der Waals surface area contributed by atoms with Crippen LogP contribution in [0.4, 0.5) is 0 Å². The third-order valence-corrected chi connectivity index (χ3v) is 16.1. The maximum atomic E-state index is 5.31. The Balaban J connectivity index is 1.15. The molecule has 1 aliphatic heterocycles. The Morgan fingerprint density at radius 3 is 1.14 bits per heavy atom. The van der Waals surface area contributed by atoms with Crippen LogP contribution < -0.4 is 0 Å². The van der Waals surface area contributed by atoms with E-state index in [9.17, 15) is 0 Å². The second kappa shape index (κ2) is 14.9. The van der Waals surface area contributed by atoms with Gasteiger partial charge in [-0.25, -0.2) is 0 Å². The average Bonchev–Trinajstić information content (AvgIpc) is 4.07. The molecule has 0 amide bonds. The highest BCUT2D eigenvalue weighted by molar-refractivity contribution is 5.90. The first-order chi connectivity index (χ1) is 33.5. The van der Waals surface area contributed by atoms with Gasteiger partial charge < -0.3 is 9.80 Å². The van der Waals surface area contributed by atoms with Crippen LogP contribution in [0.15, 0.2) is 195 Å². The smallest absolute Gasteiger partial charge is 0.118 e. The normalized spacial score (nSPS) is 15.9. The molecule has 0 bridgehead atoms. The van der Waals surface area contributed by atoms with Gasteiger partial charge in [0, 0.05) is 25.6 Å². The molecule has 1 aromatic heterocycles. The molecule has 4 aliphatic rings. The van der Waals surface area contributed by atoms with E-state index in [0.29, 0.717) is 0 Å². The van der Waals surface area contributed by atoms with Crippen molar-refractivity contribution >= 4 is 0 Å². The van der Waals surface area contributed by atoms with E-state index >= 15 is 0 Å². The summed E-state index contributed by atoms with van der Waals surface area (Å²) in [6.45, 7) is 14.2. The van der Waals surface area contributed by atoms with E-state index in [1.807, 2.05) is 12.3 Å². The zero-order chi connectivity index (χ0) is 47.0. The fourth-order valence-electron chi connectivity index (χ4n) is 13.2. The van der Waals surface area contributed by atoms with Gasteiger partial charge in [-0.1, -0.05) is 197 Å². The molecule has 13 rings (SSSR count). The minimum atomic E-state index is -0.689. The molecule has 0 spiro atoms. The van der Waals surface area contributed by atoms with Crippen molar-refractivity contribution < 1.29 is 0 Å². The molecule has 69 heavy (non-hydrogen) atoms. The molecule has 2 heterocycles. The van der Waals surface area contributed by atoms with Gasteiger partial charge in [0.15, 0.2) is 0 Å². The lowest BCUT2D eigenvalue weighted by atomic mass is 9.64. The number of aromatic nitrogens is 1. The second-order valence-corrected chi connectivity index (χ2v) is 20.5. The lowest BCUT2D eigenvalue weighted by molar-refractivity contribution is 0.198. The van der Waals surface area contributed by atoms with Crippen LogP contribution in [0.2, 0.25) is 0 Å². The van der Waals surface area contributed by atoms with Crippen LogP contribution in [-0.2, 0) is 16.4 Å². The first-order valence-corrected chi connectivity index (χ1v) is 24.5. The summed E-state index contributed by atoms with van der Waals surface area (Å²) in [4.78, 5) is 10.2. The molecule has 334 valence electrons. The predicted molar refractivity (Wildman–Crippen MR) is 283 cm³/mol. The van der Waals surface area contributed by atoms with Crippen molar-refractivity contribution in [3.05, 3.63) is 289 Å². The summed E-state index contributed by atoms with van der Waals surface area (Å²) in [5, 5.41) is 0. The van der Waals surface area contributed by atoms with Crippen LogP contribution in [0, 0.1) is 41.5 Å². The number of fused-ring (bicyclic) bond motifs is 9. The van der Waals surface area contributed by atoms with Crippen LogP contribution in [0.1, 0.15) is 94.7 Å². The number of rotatable bonds is 6. The molecular weight excluding hydrogens is 835 g/mol. The van der Waals surface area contributed by atoms with Crippen molar-refractivity contribution in [1.82, 2.24) is 14.8 Å². The molecule has 0 N–H and O–H groups in total. The minimum absolute atomic E-state index is 0.595. The Kier molecular flexibility index (Phi) is 8.93. The highest BCUT2D eigenvalue weighted by atomic mass is 15.4. The van der Waals surface area contributed by atoms with Crippen molar-refractivity contribution in [1.29, 1.82) is 0 Å². The molecule has 0 fully saturated rings. The Labute approximate surface area is 407 Å². The van der Waals surface area contributed by atoms with Crippen LogP contribution >= 0.6 is 0 Å². The summed E-state index contributed by atoms with van der Waals surface area (Å²) in [7, 11) is 2.18. The maximum Gasteiger partial charge on any atom is 0.118 e. The molecule has 0 saturated carbocycles. The summed E-state index contributed by atoms with van der Waals surface area (Å²) >= 11 is 0. The first-order valence-electron chi connectivity index (χ1n) is 24.5. The molecule has 0 saturated heterocycles. The van der Waals surface area contributed by atoms with Crippen molar-refractivity contribution in [3.63, 3.8) is 0 Å². The van der Waals surface area contributed by atoms with Gasteiger partial charge in [-0.3, -0.25) is 4.98 Å². The van der Waals surface area contributed by atoms with Gasteiger partial charge in [0.25, 0.3) is 0 Å². The van der Waals surface area contributed by atoms with Crippen molar-refractivity contribution in [3.8, 4) is 33.4 Å². The van der Waals surface area contributed by atoms with Gasteiger partial charge in [0.2, 0.25) is 0 Å². The van der Waals surface area contributed by atoms with Crippen molar-refractivity contribution in [2.75, 3.05) is 13.7 Å². The predicted octanol–water partition coefficient (Wildman–Crippen LogP) is 14.6. The van der Waals surface area contributed by atoms with Gasteiger partial charge in [-0.05, 0) is 143 Å². The summed E-state index contributed by atoms with van der Waals surface area (Å²) in [5.41, 5.74) is 27.1. The largest absolute Gasteiger partial charge is 0.362 e. The number of benzene rings is 8. The molecule has 0 atom stereocenters. The van der Waals surface area contributed by atoms with E-state index in [-0.39, 0.29) is 0 Å². The zero-order valence-electron chi connectivity index (χ0n) is 40.5. The van der Waals surface area contributed by atoms with Gasteiger partial charge in [-0.2, -0.15) is 0 Å². The minimum Gasteiger partial charge on any atom is -0.362 e. The molecule has 8 aromatic carbocycles. The number of aryl methyl sites for hydroxylation is 6. The Morgan fingerprint density at radius 1 is 0.362 bits per heavy atom. The van der Waals surface area contributed by atoms with E-state index in [1.54, 1.807) is 0 Å². The number of hydrogen-bond acceptors (Lipinski definition) is 3. The van der Waals surface area contributed by atoms with Gasteiger partial charge in [-0.15, -0.1) is 0 Å². The zero-order valence-corrected chi connectivity index (χ0v) is 40.5. The highest BCUT2D eigenvalue weighted by Crippen LogP contribution is 2.61. The fourth-order valence-corrected chi connectivity index (χ4v) is 13.2. The monoisotopic (exact) mass is 889 g/mol. The molecule has 0 radical (unpaired) electrons. The van der Waals surface area contributed by atoms with Crippen LogP contribution in [0.3, 0.4) is 0 Å². The van der Waals surface area contributed by atoms with Crippen molar-refractivity contribution in [2.45, 2.75) is 57.9 Å². The van der Waals surface area contributed by atoms with E-state index in [4.69, 9.17) is 4.98 Å². The fraction of sp³-hybridized carbons (Fsp3) is 0.167. The van der Waals surface area contributed by atoms with Gasteiger partial charge in [0.05, 0.1) is 23.2 Å². The molecule has 3 heteroatoms. The topological polar surface area (TPSA) is 19.4 Å². The van der Waals surface area contributed by atoms with E-state index in [0.717, 1.165) is 12.4 Å². The summed E-state index contributed by atoms with van der Waals surface area (Å²) in [5.74, 6) is 0. The maximum absolute atomic E-state index is 5.31. The van der Waals surface area contributed by atoms with Crippen LogP contribution in [-0.4, -0.2) is 28.5 Å². The lowest BCUT2D eigenvalue weighted by Gasteiger charge is -2.43. The average molecular weight is 890 g/mol.